The van der Waals surface area contributed by atoms with Gasteiger partial charge >= 0.3 is 0 Å². The Balaban J connectivity index is 1.27. The maximum atomic E-state index is 12.9. The fourth-order valence-corrected chi connectivity index (χ4v) is 4.23. The molecule has 7 nitrogen and oxygen atoms in total. The van der Waals surface area contributed by atoms with Crippen molar-refractivity contribution in [3.8, 4) is 0 Å². The molecule has 2 atom stereocenters. The predicted octanol–water partition coefficient (Wildman–Crippen LogP) is 2.43. The van der Waals surface area contributed by atoms with E-state index in [0.29, 0.717) is 32.4 Å². The molecular formula is C23H29N5O2. The Hall–Kier alpha value is -2.77. The molecule has 2 aliphatic rings. The number of hydrogen-bond acceptors (Lipinski definition) is 5. The van der Waals surface area contributed by atoms with Crippen LogP contribution in [0, 0.1) is 5.92 Å². The van der Waals surface area contributed by atoms with Crippen LogP contribution in [0.15, 0.2) is 48.8 Å². The topological polar surface area (TPSA) is 86.4 Å². The number of carbonyl (C=O) groups is 2. The van der Waals surface area contributed by atoms with E-state index in [1.165, 1.54) is 5.56 Å². The summed E-state index contributed by atoms with van der Waals surface area (Å²) in [6, 6.07) is 11.8. The van der Waals surface area contributed by atoms with Crippen LogP contribution in [0.2, 0.25) is 0 Å². The molecule has 2 saturated heterocycles. The largest absolute Gasteiger partial charge is 0.341 e. The number of aromatic nitrogens is 1. The third-order valence-electron chi connectivity index (χ3n) is 6.09. The Morgan fingerprint density at radius 2 is 1.90 bits per heavy atom. The fraction of sp³-hybridized carbons (Fsp3) is 0.435. The second kappa shape index (κ2) is 9.36. The van der Waals surface area contributed by atoms with Gasteiger partial charge in [-0.3, -0.25) is 14.6 Å². The summed E-state index contributed by atoms with van der Waals surface area (Å²) in [5.41, 5.74) is 9.53. The maximum Gasteiger partial charge on any atom is 0.241 e. The number of rotatable bonds is 5. The number of amides is 2. The summed E-state index contributed by atoms with van der Waals surface area (Å²) >= 11 is 0. The van der Waals surface area contributed by atoms with Crippen molar-refractivity contribution in [3.05, 3.63) is 59.9 Å². The maximum absolute atomic E-state index is 12.9. The number of pyridine rings is 1. The number of anilines is 1. The van der Waals surface area contributed by atoms with E-state index in [1.54, 1.807) is 12.4 Å². The lowest BCUT2D eigenvalue weighted by Gasteiger charge is -2.32. The van der Waals surface area contributed by atoms with Crippen molar-refractivity contribution in [3.63, 3.8) is 0 Å². The first-order chi connectivity index (χ1) is 14.6. The van der Waals surface area contributed by atoms with E-state index in [2.05, 4.69) is 34.1 Å². The Labute approximate surface area is 177 Å². The van der Waals surface area contributed by atoms with Crippen molar-refractivity contribution in [1.29, 1.82) is 0 Å². The molecule has 0 radical (unpaired) electrons. The van der Waals surface area contributed by atoms with E-state index in [9.17, 15) is 9.59 Å². The van der Waals surface area contributed by atoms with Gasteiger partial charge in [0, 0.05) is 43.1 Å². The van der Waals surface area contributed by atoms with Crippen molar-refractivity contribution in [1.82, 2.24) is 20.7 Å². The summed E-state index contributed by atoms with van der Waals surface area (Å²) in [5.74, 6) is 0.0980. The van der Waals surface area contributed by atoms with Crippen molar-refractivity contribution in [2.24, 2.45) is 5.92 Å². The normalized spacial score (nSPS) is 22.1. The third-order valence-corrected chi connectivity index (χ3v) is 6.09. The van der Waals surface area contributed by atoms with Crippen molar-refractivity contribution >= 4 is 17.5 Å². The van der Waals surface area contributed by atoms with Crippen LogP contribution in [-0.2, 0) is 16.0 Å². The number of likely N-dealkylation sites (tertiary alicyclic amines) is 1. The number of benzene rings is 1. The molecule has 2 unspecified atom stereocenters. The number of piperidine rings is 1. The van der Waals surface area contributed by atoms with E-state index in [1.807, 2.05) is 35.2 Å². The van der Waals surface area contributed by atoms with Crippen molar-refractivity contribution < 1.29 is 9.59 Å². The van der Waals surface area contributed by atoms with Crippen LogP contribution >= 0.6 is 0 Å². The molecule has 2 aliphatic heterocycles. The minimum Gasteiger partial charge on any atom is -0.341 e. The Bertz CT molecular complexity index is 880. The Morgan fingerprint density at radius 3 is 2.63 bits per heavy atom. The van der Waals surface area contributed by atoms with Crippen LogP contribution in [0.3, 0.4) is 0 Å². The molecule has 3 N–H and O–H groups in total. The zero-order valence-electron chi connectivity index (χ0n) is 17.3. The summed E-state index contributed by atoms with van der Waals surface area (Å²) in [4.78, 5) is 31.5. The van der Waals surface area contributed by atoms with Crippen LogP contribution in [0.25, 0.3) is 0 Å². The minimum absolute atomic E-state index is 0.0498. The molecular weight excluding hydrogens is 378 g/mol. The standard InChI is InChI=1S/C23H29N5O2/c1-2-16-4-3-5-19(14-16)25-22(29)18-8-12-28(13-9-18)23(30)21-15-20(26-27-21)17-6-10-24-11-7-17/h3-7,10-11,14,18,20-21,26-27H,2,8-9,12-13,15H2,1H3,(H,25,29). The quantitative estimate of drug-likeness (QED) is 0.709. The molecule has 2 fully saturated rings. The van der Waals surface area contributed by atoms with Gasteiger partial charge in [-0.25, -0.2) is 10.9 Å². The highest BCUT2D eigenvalue weighted by molar-refractivity contribution is 5.93. The second-order valence-corrected chi connectivity index (χ2v) is 8.05. The summed E-state index contributed by atoms with van der Waals surface area (Å²) in [7, 11) is 0. The average Bonchev–Trinajstić information content (AvgIpc) is 3.30. The molecule has 30 heavy (non-hydrogen) atoms. The molecule has 2 amide bonds. The van der Waals surface area contributed by atoms with Gasteiger partial charge in [0.2, 0.25) is 11.8 Å². The SMILES string of the molecule is CCc1cccc(NC(=O)C2CCN(C(=O)C3CC(c4ccncc4)NN3)CC2)c1. The first-order valence-electron chi connectivity index (χ1n) is 10.7. The first kappa shape index (κ1) is 20.5. The summed E-state index contributed by atoms with van der Waals surface area (Å²) in [6.07, 6.45) is 6.56. The second-order valence-electron chi connectivity index (χ2n) is 8.05. The number of hydrogen-bond donors (Lipinski definition) is 3. The highest BCUT2D eigenvalue weighted by atomic mass is 16.2. The van der Waals surface area contributed by atoms with Crippen LogP contribution in [-0.4, -0.2) is 40.8 Å². The van der Waals surface area contributed by atoms with Gasteiger partial charge in [0.25, 0.3) is 0 Å². The van der Waals surface area contributed by atoms with Crippen LogP contribution in [0.1, 0.15) is 43.4 Å². The molecule has 1 aromatic carbocycles. The minimum atomic E-state index is -0.245. The van der Waals surface area contributed by atoms with Gasteiger partial charge in [-0.1, -0.05) is 19.1 Å². The molecule has 4 rings (SSSR count). The molecule has 0 spiro atoms. The average molecular weight is 408 g/mol. The van der Waals surface area contributed by atoms with Crippen LogP contribution < -0.4 is 16.2 Å². The monoisotopic (exact) mass is 407 g/mol. The molecule has 0 aliphatic carbocycles. The molecule has 3 heterocycles. The van der Waals surface area contributed by atoms with Gasteiger partial charge in [0.05, 0.1) is 0 Å². The summed E-state index contributed by atoms with van der Waals surface area (Å²) in [6.45, 7) is 3.33. The van der Waals surface area contributed by atoms with Gasteiger partial charge < -0.3 is 10.2 Å². The molecule has 0 bridgehead atoms. The Morgan fingerprint density at radius 1 is 1.13 bits per heavy atom. The van der Waals surface area contributed by atoms with E-state index in [0.717, 1.165) is 17.7 Å². The van der Waals surface area contributed by atoms with Crippen LogP contribution in [0.5, 0.6) is 0 Å². The van der Waals surface area contributed by atoms with E-state index in [4.69, 9.17) is 0 Å². The zero-order valence-corrected chi connectivity index (χ0v) is 17.3. The number of nitrogens with zero attached hydrogens (tertiary/aromatic N) is 2. The lowest BCUT2D eigenvalue weighted by atomic mass is 9.94. The Kier molecular flexibility index (Phi) is 6.40. The first-order valence-corrected chi connectivity index (χ1v) is 10.7. The third kappa shape index (κ3) is 4.68. The van der Waals surface area contributed by atoms with Gasteiger partial charge in [-0.05, 0) is 61.1 Å². The van der Waals surface area contributed by atoms with Crippen molar-refractivity contribution in [2.75, 3.05) is 18.4 Å². The molecule has 158 valence electrons. The van der Waals surface area contributed by atoms with E-state index < -0.39 is 0 Å². The molecule has 7 heteroatoms. The smallest absolute Gasteiger partial charge is 0.241 e. The summed E-state index contributed by atoms with van der Waals surface area (Å²) in [5, 5.41) is 3.04. The molecule has 1 aromatic heterocycles. The summed E-state index contributed by atoms with van der Waals surface area (Å²) < 4.78 is 0. The van der Waals surface area contributed by atoms with E-state index in [-0.39, 0.29) is 29.8 Å². The predicted molar refractivity (Wildman–Crippen MR) is 115 cm³/mol. The van der Waals surface area contributed by atoms with E-state index >= 15 is 0 Å². The highest BCUT2D eigenvalue weighted by Crippen LogP contribution is 2.25. The van der Waals surface area contributed by atoms with Gasteiger partial charge in [0.1, 0.15) is 6.04 Å². The lowest BCUT2D eigenvalue weighted by molar-refractivity contribution is -0.136. The number of nitrogens with one attached hydrogen (secondary N) is 3. The van der Waals surface area contributed by atoms with Gasteiger partial charge in [0.15, 0.2) is 0 Å². The van der Waals surface area contributed by atoms with Crippen molar-refractivity contribution in [2.45, 2.75) is 44.7 Å². The van der Waals surface area contributed by atoms with Crippen LogP contribution in [0.4, 0.5) is 5.69 Å². The molecule has 0 saturated carbocycles. The highest BCUT2D eigenvalue weighted by Gasteiger charge is 2.35. The fourth-order valence-electron chi connectivity index (χ4n) is 4.23. The van der Waals surface area contributed by atoms with Gasteiger partial charge in [-0.15, -0.1) is 0 Å². The number of aryl methyl sites for hydroxylation is 1. The zero-order chi connectivity index (χ0) is 20.9. The number of carbonyl (C=O) groups excluding carboxylic acids is 2. The van der Waals surface area contributed by atoms with Gasteiger partial charge in [-0.2, -0.15) is 0 Å². The lowest BCUT2D eigenvalue weighted by Crippen LogP contribution is -2.49. The molecule has 2 aromatic rings. The number of hydrazine groups is 1.